The van der Waals surface area contributed by atoms with Crippen LogP contribution in [0.15, 0.2) is 32.5 Å². The van der Waals surface area contributed by atoms with E-state index in [9.17, 15) is 4.39 Å². The number of thiophene rings is 1. The third-order valence-electron chi connectivity index (χ3n) is 2.15. The SMILES string of the molecule is Fc1cc(Cl)ccc1C(Br)c1cc(Br)c(Br)s1. The van der Waals surface area contributed by atoms with E-state index in [1.165, 1.54) is 6.07 Å². The van der Waals surface area contributed by atoms with Crippen LogP contribution >= 0.6 is 70.7 Å². The fourth-order valence-electron chi connectivity index (χ4n) is 1.35. The number of hydrogen-bond donors (Lipinski definition) is 0. The van der Waals surface area contributed by atoms with Gasteiger partial charge in [-0.25, -0.2) is 4.39 Å². The third kappa shape index (κ3) is 3.13. The Morgan fingerprint density at radius 3 is 2.47 bits per heavy atom. The molecule has 0 aliphatic rings. The van der Waals surface area contributed by atoms with Gasteiger partial charge in [-0.2, -0.15) is 0 Å². The highest BCUT2D eigenvalue weighted by Crippen LogP contribution is 2.42. The second kappa shape index (κ2) is 5.70. The van der Waals surface area contributed by atoms with E-state index >= 15 is 0 Å². The van der Waals surface area contributed by atoms with Crippen LogP contribution in [-0.2, 0) is 0 Å². The lowest BCUT2D eigenvalue weighted by atomic mass is 10.1. The van der Waals surface area contributed by atoms with E-state index in [0.29, 0.717) is 10.6 Å². The van der Waals surface area contributed by atoms with E-state index in [2.05, 4.69) is 47.8 Å². The van der Waals surface area contributed by atoms with Gasteiger partial charge < -0.3 is 0 Å². The average Bonchev–Trinajstić information content (AvgIpc) is 2.58. The number of rotatable bonds is 2. The fourth-order valence-corrected chi connectivity index (χ4v) is 4.38. The molecule has 0 amide bonds. The van der Waals surface area contributed by atoms with Crippen molar-refractivity contribution in [2.45, 2.75) is 4.83 Å². The molecule has 1 heterocycles. The molecule has 0 fully saturated rings. The first kappa shape index (κ1) is 14.0. The first-order valence-electron chi connectivity index (χ1n) is 4.53. The van der Waals surface area contributed by atoms with Crippen molar-refractivity contribution in [3.05, 3.63) is 53.8 Å². The van der Waals surface area contributed by atoms with E-state index in [0.717, 1.165) is 13.1 Å². The van der Waals surface area contributed by atoms with Crippen LogP contribution < -0.4 is 0 Å². The topological polar surface area (TPSA) is 0 Å². The van der Waals surface area contributed by atoms with Crippen LogP contribution in [0.5, 0.6) is 0 Å². The Bertz CT molecular complexity index is 536. The Kier molecular flexibility index (Phi) is 4.69. The second-order valence-electron chi connectivity index (χ2n) is 3.30. The summed E-state index contributed by atoms with van der Waals surface area (Å²) < 4.78 is 15.7. The van der Waals surface area contributed by atoms with Crippen molar-refractivity contribution >= 4 is 70.7 Å². The lowest BCUT2D eigenvalue weighted by Crippen LogP contribution is -1.94. The van der Waals surface area contributed by atoms with Crippen molar-refractivity contribution in [2.75, 3.05) is 0 Å². The van der Waals surface area contributed by atoms with Crippen LogP contribution in [0.3, 0.4) is 0 Å². The average molecular weight is 463 g/mol. The summed E-state index contributed by atoms with van der Waals surface area (Å²) in [5, 5.41) is 0.402. The molecule has 0 N–H and O–H groups in total. The van der Waals surface area contributed by atoms with Gasteiger partial charge in [-0.3, -0.25) is 0 Å². The van der Waals surface area contributed by atoms with Gasteiger partial charge in [0.05, 0.1) is 8.61 Å². The van der Waals surface area contributed by atoms with Gasteiger partial charge in [0.25, 0.3) is 0 Å². The molecule has 0 aliphatic heterocycles. The first-order valence-corrected chi connectivity index (χ1v) is 8.22. The van der Waals surface area contributed by atoms with Crippen molar-refractivity contribution in [1.29, 1.82) is 0 Å². The van der Waals surface area contributed by atoms with Crippen LogP contribution in [0.25, 0.3) is 0 Å². The molecule has 1 aromatic carbocycles. The standard InChI is InChI=1S/C11H5Br3ClFS/c12-7-4-9(17-11(7)14)10(13)6-2-1-5(15)3-8(6)16/h1-4,10H. The highest BCUT2D eigenvalue weighted by molar-refractivity contribution is 9.13. The molecule has 0 bridgehead atoms. The Morgan fingerprint density at radius 2 is 1.94 bits per heavy atom. The van der Waals surface area contributed by atoms with E-state index in [4.69, 9.17) is 11.6 Å². The molecule has 1 atom stereocenters. The number of benzene rings is 1. The van der Waals surface area contributed by atoms with Crippen molar-refractivity contribution in [1.82, 2.24) is 0 Å². The van der Waals surface area contributed by atoms with Gasteiger partial charge in [-0.15, -0.1) is 11.3 Å². The maximum absolute atomic E-state index is 13.8. The monoisotopic (exact) mass is 460 g/mol. The van der Waals surface area contributed by atoms with Crippen LogP contribution in [0.4, 0.5) is 4.39 Å². The summed E-state index contributed by atoms with van der Waals surface area (Å²) in [5.41, 5.74) is 0.579. The van der Waals surface area contributed by atoms with Gasteiger partial charge in [-0.05, 0) is 50.1 Å². The van der Waals surface area contributed by atoms with Crippen molar-refractivity contribution in [3.8, 4) is 0 Å². The minimum atomic E-state index is -0.306. The zero-order chi connectivity index (χ0) is 12.6. The molecule has 0 nitrogen and oxygen atoms in total. The molecule has 1 aromatic heterocycles. The summed E-state index contributed by atoms with van der Waals surface area (Å²) in [7, 11) is 0. The van der Waals surface area contributed by atoms with E-state index < -0.39 is 0 Å². The predicted molar refractivity (Wildman–Crippen MR) is 81.9 cm³/mol. The maximum Gasteiger partial charge on any atom is 0.129 e. The highest BCUT2D eigenvalue weighted by Gasteiger charge is 2.18. The molecule has 0 radical (unpaired) electrons. The van der Waals surface area contributed by atoms with Crippen molar-refractivity contribution < 1.29 is 4.39 Å². The van der Waals surface area contributed by atoms with Crippen molar-refractivity contribution in [3.63, 3.8) is 0 Å². The highest BCUT2D eigenvalue weighted by atomic mass is 79.9. The van der Waals surface area contributed by atoms with Crippen LogP contribution in [0.1, 0.15) is 15.3 Å². The van der Waals surface area contributed by atoms with Crippen LogP contribution in [-0.4, -0.2) is 0 Å². The zero-order valence-corrected chi connectivity index (χ0v) is 14.5. The van der Waals surface area contributed by atoms with Gasteiger partial charge >= 0.3 is 0 Å². The molecule has 6 heteroatoms. The lowest BCUT2D eigenvalue weighted by molar-refractivity contribution is 0.614. The van der Waals surface area contributed by atoms with E-state index in [-0.39, 0.29) is 10.6 Å². The minimum absolute atomic E-state index is 0.174. The molecule has 0 spiro atoms. The van der Waals surface area contributed by atoms with Gasteiger partial charge in [0.2, 0.25) is 0 Å². The molecular weight excluding hydrogens is 458 g/mol. The summed E-state index contributed by atoms with van der Waals surface area (Å²) in [4.78, 5) is 0.845. The Morgan fingerprint density at radius 1 is 1.24 bits per heavy atom. The van der Waals surface area contributed by atoms with Gasteiger partial charge in [-0.1, -0.05) is 33.6 Å². The molecule has 2 rings (SSSR count). The summed E-state index contributed by atoms with van der Waals surface area (Å²) in [5.74, 6) is -0.306. The normalized spacial score (nSPS) is 12.8. The summed E-state index contributed by atoms with van der Waals surface area (Å²) in [6.45, 7) is 0. The summed E-state index contributed by atoms with van der Waals surface area (Å²) in [6.07, 6.45) is 0. The second-order valence-corrected chi connectivity index (χ2v) is 7.91. The molecule has 0 aliphatic carbocycles. The number of hydrogen-bond acceptors (Lipinski definition) is 1. The Balaban J connectivity index is 2.39. The molecular formula is C11H5Br3ClFS. The fraction of sp³-hybridized carbons (Fsp3) is 0.0909. The zero-order valence-electron chi connectivity index (χ0n) is 8.18. The molecule has 1 unspecified atom stereocenters. The van der Waals surface area contributed by atoms with Gasteiger partial charge in [0, 0.05) is 19.9 Å². The third-order valence-corrected chi connectivity index (χ3v) is 7.00. The number of alkyl halides is 1. The largest absolute Gasteiger partial charge is 0.207 e. The molecule has 17 heavy (non-hydrogen) atoms. The van der Waals surface area contributed by atoms with E-state index in [1.54, 1.807) is 23.5 Å². The molecule has 90 valence electrons. The van der Waals surface area contributed by atoms with E-state index in [1.807, 2.05) is 6.07 Å². The molecule has 2 aromatic rings. The smallest absolute Gasteiger partial charge is 0.129 e. The lowest BCUT2D eigenvalue weighted by Gasteiger charge is -2.09. The predicted octanol–water partition coefficient (Wildman–Crippen LogP) is 6.55. The Hall–Kier alpha value is 0.580. The van der Waals surface area contributed by atoms with Gasteiger partial charge in [0.1, 0.15) is 5.82 Å². The van der Waals surface area contributed by atoms with Crippen molar-refractivity contribution in [2.24, 2.45) is 0 Å². The van der Waals surface area contributed by atoms with Crippen LogP contribution in [0, 0.1) is 5.82 Å². The molecule has 0 saturated carbocycles. The Labute approximate surface area is 133 Å². The van der Waals surface area contributed by atoms with Crippen LogP contribution in [0.2, 0.25) is 5.02 Å². The van der Waals surface area contributed by atoms with Gasteiger partial charge in [0.15, 0.2) is 0 Å². The quantitative estimate of drug-likeness (QED) is 0.443. The maximum atomic E-state index is 13.8. The summed E-state index contributed by atoms with van der Waals surface area (Å²) >= 11 is 17.6. The molecule has 0 saturated heterocycles. The minimum Gasteiger partial charge on any atom is -0.207 e. The summed E-state index contributed by atoms with van der Waals surface area (Å²) in [6, 6.07) is 6.66. The number of halogens is 5. The first-order chi connectivity index (χ1) is 7.99.